The molecular weight excluding hydrogens is 171 g/mol. The largest absolute Gasteiger partial charge is 0.465 e. The van der Waals surface area contributed by atoms with Crippen LogP contribution in [0.15, 0.2) is 24.3 Å². The fraction of sp³-hybridized carbons (Fsp3) is 0.300. The van der Waals surface area contributed by atoms with Crippen LogP contribution in [0.5, 0.6) is 0 Å². The summed E-state index contributed by atoms with van der Waals surface area (Å²) in [5.41, 5.74) is 0.837. The third-order valence-electron chi connectivity index (χ3n) is 2.21. The van der Waals surface area contributed by atoms with Crippen molar-refractivity contribution in [1.82, 2.24) is 0 Å². The Balaban J connectivity index is 2.25. The molecule has 0 unspecified atom stereocenters. The van der Waals surface area contributed by atoms with Crippen LogP contribution < -0.4 is 0 Å². The SMILES string of the molecule is O=C1OCC[C@H]1c1ccc(F)cc1. The maximum Gasteiger partial charge on any atom is 0.313 e. The van der Waals surface area contributed by atoms with Gasteiger partial charge in [-0.15, -0.1) is 0 Å². The standard InChI is InChI=1S/C10H9FO2/c11-8-3-1-7(2-4-8)9-5-6-13-10(9)12/h1-4,9H,5-6H2/t9-/m0/s1. The number of benzene rings is 1. The van der Waals surface area contributed by atoms with E-state index in [9.17, 15) is 9.18 Å². The molecule has 1 fully saturated rings. The molecule has 0 aliphatic carbocycles. The minimum atomic E-state index is -0.282. The van der Waals surface area contributed by atoms with E-state index in [1.165, 1.54) is 12.1 Å². The summed E-state index contributed by atoms with van der Waals surface area (Å²) < 4.78 is 17.4. The molecule has 13 heavy (non-hydrogen) atoms. The van der Waals surface area contributed by atoms with E-state index in [1.807, 2.05) is 0 Å². The van der Waals surface area contributed by atoms with Crippen molar-refractivity contribution < 1.29 is 13.9 Å². The van der Waals surface area contributed by atoms with Gasteiger partial charge >= 0.3 is 5.97 Å². The number of esters is 1. The van der Waals surface area contributed by atoms with Crippen LogP contribution in [-0.2, 0) is 9.53 Å². The normalized spacial score (nSPS) is 21.6. The second-order valence-corrected chi connectivity index (χ2v) is 3.06. The van der Waals surface area contributed by atoms with Crippen molar-refractivity contribution in [2.45, 2.75) is 12.3 Å². The number of hydrogen-bond acceptors (Lipinski definition) is 2. The zero-order valence-corrected chi connectivity index (χ0v) is 7.00. The molecule has 0 saturated carbocycles. The number of carbonyl (C=O) groups excluding carboxylic acids is 1. The van der Waals surface area contributed by atoms with Gasteiger partial charge < -0.3 is 4.74 Å². The van der Waals surface area contributed by atoms with E-state index in [4.69, 9.17) is 4.74 Å². The maximum atomic E-state index is 12.6. The van der Waals surface area contributed by atoms with Crippen molar-refractivity contribution in [3.8, 4) is 0 Å². The fourth-order valence-electron chi connectivity index (χ4n) is 1.49. The van der Waals surface area contributed by atoms with Crippen LogP contribution in [-0.4, -0.2) is 12.6 Å². The molecule has 2 rings (SSSR count). The lowest BCUT2D eigenvalue weighted by molar-refractivity contribution is -0.139. The molecule has 0 amide bonds. The minimum absolute atomic E-state index is 0.194. The highest BCUT2D eigenvalue weighted by Crippen LogP contribution is 2.26. The number of ether oxygens (including phenoxy) is 1. The monoisotopic (exact) mass is 180 g/mol. The van der Waals surface area contributed by atoms with Crippen LogP contribution in [0.4, 0.5) is 4.39 Å². The second-order valence-electron chi connectivity index (χ2n) is 3.06. The summed E-state index contributed by atoms with van der Waals surface area (Å²) in [4.78, 5) is 11.1. The zero-order chi connectivity index (χ0) is 9.26. The van der Waals surface area contributed by atoms with Crippen LogP contribution in [0.3, 0.4) is 0 Å². The smallest absolute Gasteiger partial charge is 0.313 e. The molecule has 2 nitrogen and oxygen atoms in total. The van der Waals surface area contributed by atoms with E-state index in [1.54, 1.807) is 12.1 Å². The van der Waals surface area contributed by atoms with Crippen LogP contribution in [0.25, 0.3) is 0 Å². The van der Waals surface area contributed by atoms with E-state index in [0.717, 1.165) is 5.56 Å². The summed E-state index contributed by atoms with van der Waals surface area (Å²) in [6, 6.07) is 5.99. The van der Waals surface area contributed by atoms with Gasteiger partial charge in [-0.25, -0.2) is 4.39 Å². The van der Waals surface area contributed by atoms with Gasteiger partial charge in [0.1, 0.15) is 5.82 Å². The van der Waals surface area contributed by atoms with Crippen LogP contribution in [0.1, 0.15) is 17.9 Å². The Morgan fingerprint density at radius 1 is 1.31 bits per heavy atom. The van der Waals surface area contributed by atoms with Gasteiger partial charge in [0.25, 0.3) is 0 Å². The van der Waals surface area contributed by atoms with E-state index < -0.39 is 0 Å². The first-order valence-corrected chi connectivity index (χ1v) is 4.19. The van der Waals surface area contributed by atoms with Crippen LogP contribution in [0.2, 0.25) is 0 Å². The van der Waals surface area contributed by atoms with Crippen molar-refractivity contribution in [1.29, 1.82) is 0 Å². The summed E-state index contributed by atoms with van der Waals surface area (Å²) in [5.74, 6) is -0.678. The van der Waals surface area contributed by atoms with E-state index in [-0.39, 0.29) is 17.7 Å². The number of hydrogen-bond donors (Lipinski definition) is 0. The summed E-state index contributed by atoms with van der Waals surface area (Å²) in [5, 5.41) is 0. The van der Waals surface area contributed by atoms with Gasteiger partial charge in [0.05, 0.1) is 12.5 Å². The molecule has 68 valence electrons. The molecule has 0 spiro atoms. The van der Waals surface area contributed by atoms with Crippen molar-refractivity contribution in [2.75, 3.05) is 6.61 Å². The summed E-state index contributed by atoms with van der Waals surface area (Å²) in [6.07, 6.45) is 0.699. The lowest BCUT2D eigenvalue weighted by Crippen LogP contribution is -2.05. The number of carbonyl (C=O) groups is 1. The molecule has 1 aliphatic heterocycles. The van der Waals surface area contributed by atoms with Crippen molar-refractivity contribution >= 4 is 5.97 Å². The van der Waals surface area contributed by atoms with Crippen molar-refractivity contribution in [3.63, 3.8) is 0 Å². The van der Waals surface area contributed by atoms with Crippen molar-refractivity contribution in [3.05, 3.63) is 35.6 Å². The highest BCUT2D eigenvalue weighted by Gasteiger charge is 2.27. The quantitative estimate of drug-likeness (QED) is 0.616. The van der Waals surface area contributed by atoms with Gasteiger partial charge in [-0.3, -0.25) is 4.79 Å². The van der Waals surface area contributed by atoms with Gasteiger partial charge in [0.15, 0.2) is 0 Å². The maximum absolute atomic E-state index is 12.6. The van der Waals surface area contributed by atoms with Gasteiger partial charge in [-0.1, -0.05) is 12.1 Å². The first-order valence-electron chi connectivity index (χ1n) is 4.19. The van der Waals surface area contributed by atoms with Crippen LogP contribution in [0, 0.1) is 5.82 Å². The summed E-state index contributed by atoms with van der Waals surface area (Å²) >= 11 is 0. The molecule has 1 aromatic carbocycles. The Bertz CT molecular complexity index is 318. The van der Waals surface area contributed by atoms with E-state index in [2.05, 4.69) is 0 Å². The highest BCUT2D eigenvalue weighted by molar-refractivity contribution is 5.79. The molecule has 3 heteroatoms. The molecule has 0 bridgehead atoms. The van der Waals surface area contributed by atoms with Gasteiger partial charge in [0, 0.05) is 0 Å². The number of rotatable bonds is 1. The molecule has 1 aromatic rings. The topological polar surface area (TPSA) is 26.3 Å². The molecule has 1 saturated heterocycles. The lowest BCUT2D eigenvalue weighted by atomic mass is 9.98. The summed E-state index contributed by atoms with van der Waals surface area (Å²) in [6.45, 7) is 0.473. The molecular formula is C10H9FO2. The average molecular weight is 180 g/mol. The van der Waals surface area contributed by atoms with Crippen LogP contribution >= 0.6 is 0 Å². The third kappa shape index (κ3) is 1.54. The Morgan fingerprint density at radius 3 is 2.54 bits per heavy atom. The minimum Gasteiger partial charge on any atom is -0.465 e. The predicted molar refractivity (Wildman–Crippen MR) is 44.7 cm³/mol. The third-order valence-corrected chi connectivity index (χ3v) is 2.21. The van der Waals surface area contributed by atoms with Gasteiger partial charge in [-0.05, 0) is 24.1 Å². The Hall–Kier alpha value is -1.38. The molecule has 1 atom stereocenters. The molecule has 1 aliphatic rings. The number of halogens is 1. The fourth-order valence-corrected chi connectivity index (χ4v) is 1.49. The van der Waals surface area contributed by atoms with E-state index >= 15 is 0 Å². The second kappa shape index (κ2) is 3.17. The zero-order valence-electron chi connectivity index (χ0n) is 7.00. The van der Waals surface area contributed by atoms with E-state index in [0.29, 0.717) is 13.0 Å². The summed E-state index contributed by atoms with van der Waals surface area (Å²) in [7, 11) is 0. The Morgan fingerprint density at radius 2 is 2.00 bits per heavy atom. The van der Waals surface area contributed by atoms with Crippen molar-refractivity contribution in [2.24, 2.45) is 0 Å². The highest BCUT2D eigenvalue weighted by atomic mass is 19.1. The Labute approximate surface area is 75.3 Å². The predicted octanol–water partition coefficient (Wildman–Crippen LogP) is 1.86. The average Bonchev–Trinajstić information content (AvgIpc) is 2.53. The molecule has 1 heterocycles. The lowest BCUT2D eigenvalue weighted by Gasteiger charge is -2.04. The number of cyclic esters (lactones) is 1. The van der Waals surface area contributed by atoms with Gasteiger partial charge in [-0.2, -0.15) is 0 Å². The molecule has 0 aromatic heterocycles. The first-order chi connectivity index (χ1) is 6.27. The Kier molecular flexibility index (Phi) is 2.00. The molecule has 0 N–H and O–H groups in total. The van der Waals surface area contributed by atoms with Gasteiger partial charge in [0.2, 0.25) is 0 Å². The molecule has 0 radical (unpaired) electrons. The first kappa shape index (κ1) is 8.23.